The molecule has 0 aromatic heterocycles. The number of nitrogens with two attached hydrogens (primary N) is 1. The van der Waals surface area contributed by atoms with Crippen molar-refractivity contribution < 1.29 is 8.42 Å². The lowest BCUT2D eigenvalue weighted by Gasteiger charge is -2.15. The van der Waals surface area contributed by atoms with Gasteiger partial charge in [0.2, 0.25) is 10.0 Å². The van der Waals surface area contributed by atoms with Crippen LogP contribution in [0.15, 0.2) is 41.3 Å². The molecule has 1 fully saturated rings. The topological polar surface area (TPSA) is 72.2 Å². The molecule has 1 aliphatic rings. The quantitative estimate of drug-likeness (QED) is 0.834. The molecule has 0 atom stereocenters. The van der Waals surface area contributed by atoms with E-state index in [0.29, 0.717) is 22.5 Å². The van der Waals surface area contributed by atoms with Crippen LogP contribution in [0.3, 0.4) is 0 Å². The van der Waals surface area contributed by atoms with Gasteiger partial charge in [-0.1, -0.05) is 31.2 Å². The monoisotopic (exact) mass is 304 g/mol. The molecular weight excluding hydrogens is 284 g/mol. The maximum absolute atomic E-state index is 12.6. The van der Waals surface area contributed by atoms with Crippen molar-refractivity contribution in [3.8, 4) is 0 Å². The van der Waals surface area contributed by atoms with Crippen molar-refractivity contribution in [2.24, 2.45) is 5.41 Å². The largest absolute Gasteiger partial charge is 0.398 e. The normalized spacial score (nSPS) is 17.0. The zero-order valence-electron chi connectivity index (χ0n) is 12.1. The highest BCUT2D eigenvalue weighted by Gasteiger charge is 2.41. The van der Waals surface area contributed by atoms with E-state index in [1.807, 2.05) is 18.2 Å². The Kier molecular flexibility index (Phi) is 3.42. The second-order valence-electron chi connectivity index (χ2n) is 5.88. The van der Waals surface area contributed by atoms with Crippen molar-refractivity contribution >= 4 is 26.5 Å². The van der Waals surface area contributed by atoms with Crippen LogP contribution in [0.1, 0.15) is 26.2 Å². The van der Waals surface area contributed by atoms with Gasteiger partial charge in [-0.05, 0) is 36.8 Å². The first-order chi connectivity index (χ1) is 9.97. The molecule has 2 aromatic rings. The van der Waals surface area contributed by atoms with Gasteiger partial charge in [0.25, 0.3) is 0 Å². The maximum Gasteiger partial charge on any atom is 0.241 e. The molecule has 0 unspecified atom stereocenters. The van der Waals surface area contributed by atoms with Crippen LogP contribution in [0.5, 0.6) is 0 Å². The average Bonchev–Trinajstić information content (AvgIpc) is 3.26. The predicted octanol–water partition coefficient (Wildman–Crippen LogP) is 2.89. The first-order valence-corrected chi connectivity index (χ1v) is 8.73. The third-order valence-electron chi connectivity index (χ3n) is 4.55. The lowest BCUT2D eigenvalue weighted by atomic mass is 10.1. The summed E-state index contributed by atoms with van der Waals surface area (Å²) in [5.74, 6) is 0. The number of hydrogen-bond acceptors (Lipinski definition) is 3. The van der Waals surface area contributed by atoms with Crippen molar-refractivity contribution in [1.29, 1.82) is 0 Å². The van der Waals surface area contributed by atoms with Crippen molar-refractivity contribution in [2.45, 2.75) is 31.1 Å². The van der Waals surface area contributed by atoms with Gasteiger partial charge in [0.05, 0.1) is 4.90 Å². The number of nitrogens with one attached hydrogen (secondary N) is 1. The Labute approximate surface area is 125 Å². The zero-order chi connectivity index (χ0) is 15.1. The molecule has 0 radical (unpaired) electrons. The molecule has 0 spiro atoms. The fraction of sp³-hybridized carbons (Fsp3) is 0.375. The van der Waals surface area contributed by atoms with Crippen molar-refractivity contribution in [2.75, 3.05) is 12.3 Å². The van der Waals surface area contributed by atoms with E-state index < -0.39 is 10.0 Å². The van der Waals surface area contributed by atoms with Crippen molar-refractivity contribution in [1.82, 2.24) is 4.72 Å². The average molecular weight is 304 g/mol. The molecule has 5 heteroatoms. The summed E-state index contributed by atoms with van der Waals surface area (Å²) in [4.78, 5) is 0.305. The van der Waals surface area contributed by atoms with Gasteiger partial charge in [0, 0.05) is 23.0 Å². The summed E-state index contributed by atoms with van der Waals surface area (Å²) >= 11 is 0. The molecular formula is C16H20N2O2S. The molecule has 112 valence electrons. The fourth-order valence-corrected chi connectivity index (χ4v) is 4.05. The lowest BCUT2D eigenvalue weighted by Crippen LogP contribution is -2.30. The Morgan fingerprint density at radius 1 is 1.14 bits per heavy atom. The highest BCUT2D eigenvalue weighted by molar-refractivity contribution is 7.89. The molecule has 0 heterocycles. The summed E-state index contributed by atoms with van der Waals surface area (Å²) in [6, 6.07) is 10.6. The van der Waals surface area contributed by atoms with E-state index in [4.69, 9.17) is 5.73 Å². The second-order valence-corrected chi connectivity index (χ2v) is 7.61. The molecule has 21 heavy (non-hydrogen) atoms. The standard InChI is InChI=1S/C16H20N2O2S/c1-2-16(9-10-16)11-18-21(19,20)15-8-7-14(17)12-5-3-4-6-13(12)15/h3-8,18H,2,9-11,17H2,1H3. The predicted molar refractivity (Wildman–Crippen MR) is 85.5 cm³/mol. The summed E-state index contributed by atoms with van der Waals surface area (Å²) in [7, 11) is -3.51. The summed E-state index contributed by atoms with van der Waals surface area (Å²) in [5.41, 5.74) is 6.70. The molecule has 1 saturated carbocycles. The lowest BCUT2D eigenvalue weighted by molar-refractivity contribution is 0.476. The van der Waals surface area contributed by atoms with E-state index in [1.165, 1.54) is 0 Å². The van der Waals surface area contributed by atoms with Gasteiger partial charge < -0.3 is 5.73 Å². The van der Waals surface area contributed by atoms with Gasteiger partial charge >= 0.3 is 0 Å². The Bertz CT molecular complexity index is 780. The minimum atomic E-state index is -3.51. The summed E-state index contributed by atoms with van der Waals surface area (Å²) < 4.78 is 28.0. The Balaban J connectivity index is 1.97. The summed E-state index contributed by atoms with van der Waals surface area (Å²) in [6.45, 7) is 2.63. The van der Waals surface area contributed by atoms with Gasteiger partial charge in [-0.3, -0.25) is 0 Å². The smallest absolute Gasteiger partial charge is 0.241 e. The first-order valence-electron chi connectivity index (χ1n) is 7.24. The minimum absolute atomic E-state index is 0.177. The van der Waals surface area contributed by atoms with E-state index in [1.54, 1.807) is 18.2 Å². The summed E-state index contributed by atoms with van der Waals surface area (Å²) in [6.07, 6.45) is 3.22. The number of anilines is 1. The molecule has 3 rings (SSSR count). The van der Waals surface area contributed by atoms with Gasteiger partial charge in [-0.25, -0.2) is 13.1 Å². The van der Waals surface area contributed by atoms with Crippen molar-refractivity contribution in [3.63, 3.8) is 0 Å². The molecule has 0 bridgehead atoms. The highest BCUT2D eigenvalue weighted by atomic mass is 32.2. The Morgan fingerprint density at radius 2 is 1.81 bits per heavy atom. The van der Waals surface area contributed by atoms with Crippen LogP contribution in [0.2, 0.25) is 0 Å². The number of benzene rings is 2. The van der Waals surface area contributed by atoms with Crippen LogP contribution in [0.4, 0.5) is 5.69 Å². The molecule has 4 nitrogen and oxygen atoms in total. The van der Waals surface area contributed by atoms with Gasteiger partial charge in [0.1, 0.15) is 0 Å². The highest BCUT2D eigenvalue weighted by Crippen LogP contribution is 2.48. The van der Waals surface area contributed by atoms with E-state index >= 15 is 0 Å². The van der Waals surface area contributed by atoms with Gasteiger partial charge in [-0.15, -0.1) is 0 Å². The summed E-state index contributed by atoms with van der Waals surface area (Å²) in [5, 5.41) is 1.45. The second kappa shape index (κ2) is 5.00. The van der Waals surface area contributed by atoms with E-state index in [0.717, 1.165) is 24.6 Å². The molecule has 1 aliphatic carbocycles. The van der Waals surface area contributed by atoms with Crippen LogP contribution < -0.4 is 10.5 Å². The molecule has 0 saturated heterocycles. The van der Waals surface area contributed by atoms with E-state index in [2.05, 4.69) is 11.6 Å². The minimum Gasteiger partial charge on any atom is -0.398 e. The fourth-order valence-electron chi connectivity index (χ4n) is 2.69. The van der Waals surface area contributed by atoms with Crippen LogP contribution in [0.25, 0.3) is 10.8 Å². The van der Waals surface area contributed by atoms with Gasteiger partial charge in [0.15, 0.2) is 0 Å². The number of fused-ring (bicyclic) bond motifs is 1. The zero-order valence-corrected chi connectivity index (χ0v) is 12.9. The SMILES string of the molecule is CCC1(CNS(=O)(=O)c2ccc(N)c3ccccc23)CC1. The number of rotatable bonds is 5. The molecule has 0 amide bonds. The Hall–Kier alpha value is -1.59. The van der Waals surface area contributed by atoms with Gasteiger partial charge in [-0.2, -0.15) is 0 Å². The van der Waals surface area contributed by atoms with Crippen LogP contribution in [0, 0.1) is 5.41 Å². The Morgan fingerprint density at radius 3 is 2.43 bits per heavy atom. The number of hydrogen-bond donors (Lipinski definition) is 2. The number of sulfonamides is 1. The maximum atomic E-state index is 12.6. The third kappa shape index (κ3) is 2.63. The molecule has 0 aliphatic heterocycles. The van der Waals surface area contributed by atoms with Crippen LogP contribution in [-0.4, -0.2) is 15.0 Å². The molecule has 2 aromatic carbocycles. The molecule has 3 N–H and O–H groups in total. The third-order valence-corrected chi connectivity index (χ3v) is 6.01. The number of nitrogen functional groups attached to an aromatic ring is 1. The first kappa shape index (κ1) is 14.4. The van der Waals surface area contributed by atoms with E-state index in [-0.39, 0.29) is 5.41 Å². The van der Waals surface area contributed by atoms with Crippen LogP contribution in [-0.2, 0) is 10.0 Å². The van der Waals surface area contributed by atoms with Crippen LogP contribution >= 0.6 is 0 Å². The van der Waals surface area contributed by atoms with E-state index in [9.17, 15) is 8.42 Å². The van der Waals surface area contributed by atoms with Crippen molar-refractivity contribution in [3.05, 3.63) is 36.4 Å².